The van der Waals surface area contributed by atoms with Crippen molar-refractivity contribution in [1.29, 1.82) is 0 Å². The highest BCUT2D eigenvalue weighted by Gasteiger charge is 2.06. The molecule has 0 heterocycles. The second kappa shape index (κ2) is 4.96. The molecule has 0 bridgehead atoms. The van der Waals surface area contributed by atoms with Crippen LogP contribution in [0.3, 0.4) is 0 Å². The normalized spacial score (nSPS) is 9.93. The van der Waals surface area contributed by atoms with Crippen LogP contribution in [0.15, 0.2) is 24.3 Å². The summed E-state index contributed by atoms with van der Waals surface area (Å²) in [7, 11) is 1.66. The Balaban J connectivity index is 2.60. The van der Waals surface area contributed by atoms with E-state index in [0.29, 0.717) is 6.54 Å². The molecule has 0 aliphatic carbocycles. The number of nitrogens with zero attached hydrogens (tertiary/aromatic N) is 1. The van der Waals surface area contributed by atoms with Crippen LogP contribution in [0.4, 0.5) is 4.39 Å². The molecular weight excluding hydrogens is 205 g/mol. The van der Waals surface area contributed by atoms with Gasteiger partial charge in [-0.3, -0.25) is 4.79 Å². The zero-order valence-corrected chi connectivity index (χ0v) is 8.59. The van der Waals surface area contributed by atoms with Crippen molar-refractivity contribution in [3.8, 4) is 0 Å². The fourth-order valence-corrected chi connectivity index (χ4v) is 1.26. The molecule has 0 aromatic heterocycles. The zero-order chi connectivity index (χ0) is 10.6. The van der Waals surface area contributed by atoms with Crippen LogP contribution in [0.5, 0.6) is 0 Å². The van der Waals surface area contributed by atoms with Gasteiger partial charge in [0.05, 0.1) is 0 Å². The van der Waals surface area contributed by atoms with Crippen LogP contribution in [-0.4, -0.2) is 23.7 Å². The minimum atomic E-state index is -0.278. The van der Waals surface area contributed by atoms with Crippen LogP contribution in [-0.2, 0) is 11.3 Å². The largest absolute Gasteiger partial charge is 0.340 e. The van der Waals surface area contributed by atoms with Gasteiger partial charge in [0.1, 0.15) is 11.7 Å². The van der Waals surface area contributed by atoms with E-state index < -0.39 is 0 Å². The average Bonchev–Trinajstić information content (AvgIpc) is 2.20. The molecule has 4 heteroatoms. The fourth-order valence-electron chi connectivity index (χ4n) is 1.05. The Morgan fingerprint density at radius 1 is 1.43 bits per heavy atom. The van der Waals surface area contributed by atoms with Gasteiger partial charge in [0.2, 0.25) is 5.91 Å². The third-order valence-corrected chi connectivity index (χ3v) is 2.10. The van der Waals surface area contributed by atoms with Crippen molar-refractivity contribution in [3.05, 3.63) is 35.6 Å². The van der Waals surface area contributed by atoms with Crippen molar-refractivity contribution >= 4 is 17.5 Å². The smallest absolute Gasteiger partial charge is 0.237 e. The summed E-state index contributed by atoms with van der Waals surface area (Å²) in [6.07, 6.45) is 0. The molecule has 1 aromatic rings. The first-order valence-electron chi connectivity index (χ1n) is 4.18. The second-order valence-electron chi connectivity index (χ2n) is 3.01. The van der Waals surface area contributed by atoms with E-state index in [1.807, 2.05) is 0 Å². The van der Waals surface area contributed by atoms with Crippen LogP contribution in [0.1, 0.15) is 5.56 Å². The van der Waals surface area contributed by atoms with Gasteiger partial charge in [-0.25, -0.2) is 4.39 Å². The molecule has 0 unspecified atom stereocenters. The standard InChI is InChI=1S/C10H11ClFNO/c1-13(10(14)6-11)7-8-2-4-9(12)5-3-8/h2-5H,6-7H2,1H3. The molecular formula is C10H11ClFNO. The van der Waals surface area contributed by atoms with Crippen molar-refractivity contribution in [3.63, 3.8) is 0 Å². The lowest BCUT2D eigenvalue weighted by Crippen LogP contribution is -2.27. The van der Waals surface area contributed by atoms with E-state index in [4.69, 9.17) is 11.6 Å². The number of carbonyl (C=O) groups excluding carboxylic acids is 1. The molecule has 1 rings (SSSR count). The lowest BCUT2D eigenvalue weighted by molar-refractivity contribution is -0.127. The van der Waals surface area contributed by atoms with Crippen LogP contribution in [0, 0.1) is 5.82 Å². The number of carbonyl (C=O) groups is 1. The fraction of sp³-hybridized carbons (Fsp3) is 0.300. The highest BCUT2D eigenvalue weighted by atomic mass is 35.5. The number of halogens is 2. The third-order valence-electron chi connectivity index (χ3n) is 1.87. The summed E-state index contributed by atoms with van der Waals surface area (Å²) < 4.78 is 12.5. The zero-order valence-electron chi connectivity index (χ0n) is 7.84. The summed E-state index contributed by atoms with van der Waals surface area (Å²) in [5, 5.41) is 0. The Morgan fingerprint density at radius 2 is 2.00 bits per heavy atom. The van der Waals surface area contributed by atoms with Crippen LogP contribution in [0.25, 0.3) is 0 Å². The Hall–Kier alpha value is -1.09. The topological polar surface area (TPSA) is 20.3 Å². The van der Waals surface area contributed by atoms with Crippen molar-refractivity contribution in [1.82, 2.24) is 4.90 Å². The molecule has 0 aliphatic heterocycles. The molecule has 0 saturated heterocycles. The maximum atomic E-state index is 12.5. The molecule has 0 fully saturated rings. The van der Waals surface area contributed by atoms with Crippen molar-refractivity contribution in [2.45, 2.75) is 6.54 Å². The molecule has 2 nitrogen and oxygen atoms in total. The maximum Gasteiger partial charge on any atom is 0.237 e. The van der Waals surface area contributed by atoms with E-state index >= 15 is 0 Å². The van der Waals surface area contributed by atoms with Gasteiger partial charge in [-0.1, -0.05) is 12.1 Å². The first-order valence-corrected chi connectivity index (χ1v) is 4.71. The van der Waals surface area contributed by atoms with Gasteiger partial charge in [-0.15, -0.1) is 11.6 Å². The number of rotatable bonds is 3. The van der Waals surface area contributed by atoms with Gasteiger partial charge in [-0.2, -0.15) is 0 Å². The Kier molecular flexibility index (Phi) is 3.89. The predicted octanol–water partition coefficient (Wildman–Crippen LogP) is 2.02. The maximum absolute atomic E-state index is 12.5. The van der Waals surface area contributed by atoms with Crippen LogP contribution in [0.2, 0.25) is 0 Å². The summed E-state index contributed by atoms with van der Waals surface area (Å²) in [5.74, 6) is -0.450. The van der Waals surface area contributed by atoms with Crippen LogP contribution < -0.4 is 0 Å². The monoisotopic (exact) mass is 215 g/mol. The number of hydrogen-bond donors (Lipinski definition) is 0. The molecule has 76 valence electrons. The first kappa shape index (κ1) is 11.0. The molecule has 0 spiro atoms. The lowest BCUT2D eigenvalue weighted by atomic mass is 10.2. The molecule has 0 saturated carbocycles. The number of alkyl halides is 1. The molecule has 0 atom stereocenters. The van der Waals surface area contributed by atoms with Crippen LogP contribution >= 0.6 is 11.6 Å². The van der Waals surface area contributed by atoms with E-state index in [0.717, 1.165) is 5.56 Å². The van der Waals surface area contributed by atoms with Crippen molar-refractivity contribution in [2.24, 2.45) is 0 Å². The summed E-state index contributed by atoms with van der Waals surface area (Å²) in [6.45, 7) is 0.450. The molecule has 0 aliphatic rings. The van der Waals surface area contributed by atoms with E-state index in [1.165, 1.54) is 17.0 Å². The van der Waals surface area contributed by atoms with Gasteiger partial charge in [0.25, 0.3) is 0 Å². The third kappa shape index (κ3) is 3.00. The van der Waals surface area contributed by atoms with E-state index in [1.54, 1.807) is 19.2 Å². The number of hydrogen-bond acceptors (Lipinski definition) is 1. The highest BCUT2D eigenvalue weighted by Crippen LogP contribution is 2.05. The molecule has 0 N–H and O–H groups in total. The Morgan fingerprint density at radius 3 is 2.50 bits per heavy atom. The Bertz CT molecular complexity index is 312. The van der Waals surface area contributed by atoms with Crippen molar-refractivity contribution in [2.75, 3.05) is 12.9 Å². The lowest BCUT2D eigenvalue weighted by Gasteiger charge is -2.15. The minimum absolute atomic E-state index is 0.0301. The van der Waals surface area contributed by atoms with Crippen molar-refractivity contribution < 1.29 is 9.18 Å². The number of amides is 1. The van der Waals surface area contributed by atoms with Gasteiger partial charge < -0.3 is 4.90 Å². The molecule has 0 radical (unpaired) electrons. The first-order chi connectivity index (χ1) is 6.63. The second-order valence-corrected chi connectivity index (χ2v) is 3.28. The summed E-state index contributed by atoms with van der Waals surface area (Å²) in [4.78, 5) is 12.6. The average molecular weight is 216 g/mol. The summed E-state index contributed by atoms with van der Waals surface area (Å²) in [5.41, 5.74) is 0.882. The van der Waals surface area contributed by atoms with E-state index in [-0.39, 0.29) is 17.6 Å². The predicted molar refractivity (Wildman–Crippen MR) is 53.6 cm³/mol. The number of benzene rings is 1. The summed E-state index contributed by atoms with van der Waals surface area (Å²) >= 11 is 5.39. The van der Waals surface area contributed by atoms with Gasteiger partial charge in [0.15, 0.2) is 0 Å². The van der Waals surface area contributed by atoms with Gasteiger partial charge >= 0.3 is 0 Å². The van der Waals surface area contributed by atoms with E-state index in [9.17, 15) is 9.18 Å². The summed E-state index contributed by atoms with van der Waals surface area (Å²) in [6, 6.07) is 6.03. The molecule has 1 amide bonds. The quantitative estimate of drug-likeness (QED) is 0.707. The SMILES string of the molecule is CN(Cc1ccc(F)cc1)C(=O)CCl. The Labute approximate surface area is 87.3 Å². The van der Waals surface area contributed by atoms with Gasteiger partial charge in [-0.05, 0) is 17.7 Å². The molecule has 14 heavy (non-hydrogen) atoms. The minimum Gasteiger partial charge on any atom is -0.340 e. The molecule has 1 aromatic carbocycles. The van der Waals surface area contributed by atoms with Gasteiger partial charge in [0, 0.05) is 13.6 Å². The highest BCUT2D eigenvalue weighted by molar-refractivity contribution is 6.27. The van der Waals surface area contributed by atoms with E-state index in [2.05, 4.69) is 0 Å².